The Morgan fingerprint density at radius 3 is 2.70 bits per heavy atom. The SMILES string of the molecule is Clc1ccc(OCCCCc2nnc(N3CCCC3)s2)cc1Cl. The van der Waals surface area contributed by atoms with Crippen molar-refractivity contribution >= 4 is 39.7 Å². The average Bonchev–Trinajstić information content (AvgIpc) is 3.21. The van der Waals surface area contributed by atoms with Crippen LogP contribution in [-0.2, 0) is 6.42 Å². The Morgan fingerprint density at radius 1 is 1.09 bits per heavy atom. The minimum absolute atomic E-state index is 0.521. The second-order valence-corrected chi connectivity index (χ2v) is 7.41. The summed E-state index contributed by atoms with van der Waals surface area (Å²) in [6.07, 6.45) is 5.49. The molecule has 1 aromatic carbocycles. The van der Waals surface area contributed by atoms with Crippen molar-refractivity contribution < 1.29 is 4.74 Å². The second kappa shape index (κ2) is 8.18. The number of rotatable bonds is 7. The standard InChI is InChI=1S/C16H19Cl2N3OS/c17-13-7-6-12(11-14(13)18)22-10-4-1-5-15-19-20-16(23-15)21-8-2-3-9-21/h6-7,11H,1-5,8-10H2. The fourth-order valence-corrected chi connectivity index (χ4v) is 3.74. The van der Waals surface area contributed by atoms with Gasteiger partial charge < -0.3 is 9.64 Å². The number of halogens is 2. The highest BCUT2D eigenvalue weighted by molar-refractivity contribution is 7.15. The zero-order valence-electron chi connectivity index (χ0n) is 12.8. The number of unbranched alkanes of at least 4 members (excludes halogenated alkanes) is 1. The summed E-state index contributed by atoms with van der Waals surface area (Å²) in [5.41, 5.74) is 0. The summed E-state index contributed by atoms with van der Waals surface area (Å²) >= 11 is 13.6. The van der Waals surface area contributed by atoms with Gasteiger partial charge in [0.1, 0.15) is 10.8 Å². The van der Waals surface area contributed by atoms with Crippen LogP contribution in [0.3, 0.4) is 0 Å². The van der Waals surface area contributed by atoms with E-state index < -0.39 is 0 Å². The number of aromatic nitrogens is 2. The smallest absolute Gasteiger partial charge is 0.208 e. The van der Waals surface area contributed by atoms with Crippen LogP contribution in [0.1, 0.15) is 30.7 Å². The Bertz CT molecular complexity index is 644. The molecule has 0 saturated carbocycles. The van der Waals surface area contributed by atoms with E-state index in [0.717, 1.165) is 48.2 Å². The van der Waals surface area contributed by atoms with Gasteiger partial charge in [0.05, 0.1) is 16.7 Å². The van der Waals surface area contributed by atoms with Crippen LogP contribution >= 0.6 is 34.5 Å². The van der Waals surface area contributed by atoms with Crippen molar-refractivity contribution in [2.75, 3.05) is 24.6 Å². The number of anilines is 1. The van der Waals surface area contributed by atoms with Crippen LogP contribution in [0.4, 0.5) is 5.13 Å². The highest BCUT2D eigenvalue weighted by Crippen LogP contribution is 2.27. The lowest BCUT2D eigenvalue weighted by atomic mass is 10.2. The molecule has 3 rings (SSSR count). The Balaban J connectivity index is 1.37. The molecule has 1 aliphatic rings. The second-order valence-electron chi connectivity index (χ2n) is 5.55. The van der Waals surface area contributed by atoms with Crippen molar-refractivity contribution in [3.8, 4) is 5.75 Å². The van der Waals surface area contributed by atoms with Gasteiger partial charge in [-0.15, -0.1) is 10.2 Å². The summed E-state index contributed by atoms with van der Waals surface area (Å²) in [5.74, 6) is 0.756. The lowest BCUT2D eigenvalue weighted by Crippen LogP contribution is -2.17. The summed E-state index contributed by atoms with van der Waals surface area (Å²) in [7, 11) is 0. The summed E-state index contributed by atoms with van der Waals surface area (Å²) in [4.78, 5) is 2.33. The lowest BCUT2D eigenvalue weighted by molar-refractivity contribution is 0.307. The summed E-state index contributed by atoms with van der Waals surface area (Å²) < 4.78 is 5.68. The maximum Gasteiger partial charge on any atom is 0.208 e. The molecule has 0 unspecified atom stereocenters. The quantitative estimate of drug-likeness (QED) is 0.652. The van der Waals surface area contributed by atoms with Crippen LogP contribution in [0, 0.1) is 0 Å². The van der Waals surface area contributed by atoms with Crippen molar-refractivity contribution in [1.29, 1.82) is 0 Å². The Labute approximate surface area is 150 Å². The fourth-order valence-electron chi connectivity index (χ4n) is 2.52. The van der Waals surface area contributed by atoms with Crippen LogP contribution in [-0.4, -0.2) is 29.9 Å². The molecule has 0 N–H and O–H groups in total. The van der Waals surface area contributed by atoms with Gasteiger partial charge in [-0.2, -0.15) is 0 Å². The van der Waals surface area contributed by atoms with Crippen LogP contribution in [0.2, 0.25) is 10.0 Å². The predicted octanol–water partition coefficient (Wildman–Crippen LogP) is 4.85. The lowest BCUT2D eigenvalue weighted by Gasteiger charge is -2.10. The molecule has 2 heterocycles. The van der Waals surface area contributed by atoms with E-state index in [9.17, 15) is 0 Å². The summed E-state index contributed by atoms with van der Waals surface area (Å²) in [6.45, 7) is 2.90. The number of aryl methyl sites for hydroxylation is 1. The molecule has 124 valence electrons. The van der Waals surface area contributed by atoms with Gasteiger partial charge in [-0.05, 0) is 37.8 Å². The molecular formula is C16H19Cl2N3OS. The van der Waals surface area contributed by atoms with E-state index in [-0.39, 0.29) is 0 Å². The first kappa shape index (κ1) is 16.8. The van der Waals surface area contributed by atoms with E-state index >= 15 is 0 Å². The maximum absolute atomic E-state index is 5.96. The Morgan fingerprint density at radius 2 is 1.91 bits per heavy atom. The number of nitrogens with zero attached hydrogens (tertiary/aromatic N) is 3. The van der Waals surface area contributed by atoms with E-state index in [1.165, 1.54) is 12.8 Å². The van der Waals surface area contributed by atoms with Crippen molar-refractivity contribution in [2.45, 2.75) is 32.1 Å². The van der Waals surface area contributed by atoms with Crippen LogP contribution < -0.4 is 9.64 Å². The highest BCUT2D eigenvalue weighted by atomic mass is 35.5. The van der Waals surface area contributed by atoms with Crippen molar-refractivity contribution in [1.82, 2.24) is 10.2 Å². The molecule has 1 aromatic heterocycles. The van der Waals surface area contributed by atoms with Gasteiger partial charge in [-0.25, -0.2) is 0 Å². The van der Waals surface area contributed by atoms with Crippen molar-refractivity contribution in [3.05, 3.63) is 33.3 Å². The average molecular weight is 372 g/mol. The van der Waals surface area contributed by atoms with Gasteiger partial charge >= 0.3 is 0 Å². The molecule has 23 heavy (non-hydrogen) atoms. The first-order valence-electron chi connectivity index (χ1n) is 7.87. The van der Waals surface area contributed by atoms with Crippen molar-refractivity contribution in [3.63, 3.8) is 0 Å². The number of hydrogen-bond donors (Lipinski definition) is 0. The molecule has 0 amide bonds. The maximum atomic E-state index is 5.96. The molecule has 4 nitrogen and oxygen atoms in total. The van der Waals surface area contributed by atoms with Gasteiger partial charge in [0, 0.05) is 25.6 Å². The molecule has 0 atom stereocenters. The number of ether oxygens (including phenoxy) is 1. The molecule has 0 bridgehead atoms. The third-order valence-electron chi connectivity index (χ3n) is 3.78. The molecule has 0 radical (unpaired) electrons. The molecule has 0 spiro atoms. The monoisotopic (exact) mass is 371 g/mol. The minimum atomic E-state index is 0.521. The van der Waals surface area contributed by atoms with Gasteiger partial charge in [0.2, 0.25) is 5.13 Å². The predicted molar refractivity (Wildman–Crippen MR) is 96.3 cm³/mol. The molecular weight excluding hydrogens is 353 g/mol. The van der Waals surface area contributed by atoms with E-state index in [0.29, 0.717) is 16.7 Å². The van der Waals surface area contributed by atoms with Crippen LogP contribution in [0.5, 0.6) is 5.75 Å². The normalized spacial score (nSPS) is 14.4. The molecule has 1 fully saturated rings. The first-order valence-corrected chi connectivity index (χ1v) is 9.45. The summed E-state index contributed by atoms with van der Waals surface area (Å²) in [5, 5.41) is 11.8. The van der Waals surface area contributed by atoms with Gasteiger partial charge in [0.15, 0.2) is 0 Å². The van der Waals surface area contributed by atoms with E-state index in [4.69, 9.17) is 27.9 Å². The molecule has 1 aliphatic heterocycles. The zero-order valence-corrected chi connectivity index (χ0v) is 15.1. The van der Waals surface area contributed by atoms with Gasteiger partial charge in [-0.1, -0.05) is 34.5 Å². The largest absolute Gasteiger partial charge is 0.494 e. The van der Waals surface area contributed by atoms with Crippen LogP contribution in [0.25, 0.3) is 0 Å². The number of benzene rings is 1. The molecule has 0 aliphatic carbocycles. The van der Waals surface area contributed by atoms with E-state index in [1.54, 1.807) is 23.5 Å². The number of hydrogen-bond acceptors (Lipinski definition) is 5. The summed E-state index contributed by atoms with van der Waals surface area (Å²) in [6, 6.07) is 5.33. The fraction of sp³-hybridized carbons (Fsp3) is 0.500. The first-order chi connectivity index (χ1) is 11.2. The molecule has 1 saturated heterocycles. The third-order valence-corrected chi connectivity index (χ3v) is 5.56. The van der Waals surface area contributed by atoms with Crippen molar-refractivity contribution in [2.24, 2.45) is 0 Å². The van der Waals surface area contributed by atoms with Gasteiger partial charge in [0.25, 0.3) is 0 Å². The Hall–Kier alpha value is -1.04. The minimum Gasteiger partial charge on any atom is -0.494 e. The van der Waals surface area contributed by atoms with Gasteiger partial charge in [-0.3, -0.25) is 0 Å². The van der Waals surface area contributed by atoms with E-state index in [1.807, 2.05) is 6.07 Å². The highest BCUT2D eigenvalue weighted by Gasteiger charge is 2.16. The zero-order chi connectivity index (χ0) is 16.1. The topological polar surface area (TPSA) is 38.3 Å². The third kappa shape index (κ3) is 4.72. The Kier molecular flexibility index (Phi) is 5.97. The molecule has 7 heteroatoms. The van der Waals surface area contributed by atoms with Crippen LogP contribution in [0.15, 0.2) is 18.2 Å². The van der Waals surface area contributed by atoms with E-state index in [2.05, 4.69) is 15.1 Å². The molecule has 2 aromatic rings.